The van der Waals surface area contributed by atoms with E-state index in [9.17, 15) is 5.26 Å². The van der Waals surface area contributed by atoms with Crippen molar-refractivity contribution >= 4 is 34.5 Å². The summed E-state index contributed by atoms with van der Waals surface area (Å²) in [6, 6.07) is 19.0. The zero-order valence-corrected chi connectivity index (χ0v) is 13.3. The van der Waals surface area contributed by atoms with E-state index in [1.165, 1.54) is 9.77 Å². The van der Waals surface area contributed by atoms with Crippen molar-refractivity contribution in [3.8, 4) is 6.07 Å². The number of benzene rings is 2. The van der Waals surface area contributed by atoms with Gasteiger partial charge in [-0.1, -0.05) is 36.0 Å². The summed E-state index contributed by atoms with van der Waals surface area (Å²) in [5.74, 6) is 0. The molecule has 1 aliphatic rings. The number of nitrogens with zero attached hydrogens (tertiary/aromatic N) is 1. The first kappa shape index (κ1) is 13.4. The topological polar surface area (TPSA) is 35.8 Å². The average Bonchev–Trinajstić information content (AvgIpc) is 3.06. The number of rotatable bonds is 2. The molecule has 0 bridgehead atoms. The van der Waals surface area contributed by atoms with Crippen molar-refractivity contribution in [2.75, 3.05) is 5.32 Å². The molecule has 0 saturated carbocycles. The largest absolute Gasteiger partial charge is 0.353 e. The second kappa shape index (κ2) is 5.53. The number of nitriles is 1. The van der Waals surface area contributed by atoms with Gasteiger partial charge in [-0.2, -0.15) is 5.26 Å². The third kappa shape index (κ3) is 2.29. The van der Waals surface area contributed by atoms with E-state index in [0.717, 1.165) is 33.8 Å². The molecule has 0 aliphatic carbocycles. The quantitative estimate of drug-likeness (QED) is 0.536. The minimum Gasteiger partial charge on any atom is -0.353 e. The molecule has 4 rings (SSSR count). The van der Waals surface area contributed by atoms with Gasteiger partial charge in [0.05, 0.1) is 16.9 Å². The SMILES string of the molecule is N#Cc1c(Cc2cccs2)ccc2c1Nc1ccccc1S2. The fraction of sp³-hybridized carbons (Fsp3) is 0.0556. The van der Waals surface area contributed by atoms with Gasteiger partial charge >= 0.3 is 0 Å². The molecule has 0 amide bonds. The summed E-state index contributed by atoms with van der Waals surface area (Å²) in [6.07, 6.45) is 0.807. The smallest absolute Gasteiger partial charge is 0.102 e. The lowest BCUT2D eigenvalue weighted by Crippen LogP contribution is -2.04. The molecular weight excluding hydrogens is 308 g/mol. The molecular formula is C18H12N2S2. The zero-order valence-electron chi connectivity index (χ0n) is 11.7. The Kier molecular flexibility index (Phi) is 3.38. The van der Waals surface area contributed by atoms with Crippen LogP contribution in [0.2, 0.25) is 0 Å². The highest BCUT2D eigenvalue weighted by atomic mass is 32.2. The van der Waals surface area contributed by atoms with Crippen molar-refractivity contribution in [3.05, 3.63) is 69.9 Å². The predicted molar refractivity (Wildman–Crippen MR) is 92.1 cm³/mol. The van der Waals surface area contributed by atoms with Crippen LogP contribution in [-0.2, 0) is 6.42 Å². The second-order valence-corrected chi connectivity index (χ2v) is 7.18. The van der Waals surface area contributed by atoms with Gasteiger partial charge in [-0.05, 0) is 35.2 Å². The van der Waals surface area contributed by atoms with Crippen LogP contribution in [0.3, 0.4) is 0 Å². The Bertz CT molecular complexity index is 877. The van der Waals surface area contributed by atoms with Gasteiger partial charge in [-0.25, -0.2) is 0 Å². The highest BCUT2D eigenvalue weighted by Crippen LogP contribution is 2.46. The fourth-order valence-electron chi connectivity index (χ4n) is 2.62. The monoisotopic (exact) mass is 320 g/mol. The van der Waals surface area contributed by atoms with E-state index in [1.807, 2.05) is 12.1 Å². The molecule has 22 heavy (non-hydrogen) atoms. The van der Waals surface area contributed by atoms with Crippen molar-refractivity contribution < 1.29 is 0 Å². The molecule has 0 atom stereocenters. The molecule has 4 heteroatoms. The zero-order chi connectivity index (χ0) is 14.9. The summed E-state index contributed by atoms with van der Waals surface area (Å²) in [5.41, 5.74) is 3.86. The lowest BCUT2D eigenvalue weighted by molar-refractivity contribution is 1.19. The number of hydrogen-bond donors (Lipinski definition) is 1. The summed E-state index contributed by atoms with van der Waals surface area (Å²) in [7, 11) is 0. The first-order chi connectivity index (χ1) is 10.8. The molecule has 0 unspecified atom stereocenters. The van der Waals surface area contributed by atoms with Gasteiger partial charge < -0.3 is 5.32 Å². The number of anilines is 2. The van der Waals surface area contributed by atoms with E-state index < -0.39 is 0 Å². The molecule has 1 aromatic heterocycles. The summed E-state index contributed by atoms with van der Waals surface area (Å²) in [4.78, 5) is 3.59. The minimum absolute atomic E-state index is 0.757. The Morgan fingerprint density at radius 1 is 1.00 bits per heavy atom. The summed E-state index contributed by atoms with van der Waals surface area (Å²) >= 11 is 3.45. The third-order valence-corrected chi connectivity index (χ3v) is 5.69. The second-order valence-electron chi connectivity index (χ2n) is 5.06. The van der Waals surface area contributed by atoms with E-state index in [-0.39, 0.29) is 0 Å². The molecule has 2 aromatic carbocycles. The Hall–Kier alpha value is -2.22. The van der Waals surface area contributed by atoms with E-state index in [1.54, 1.807) is 23.1 Å². The standard InChI is InChI=1S/C18H12N2S2/c19-11-14-12(10-13-4-3-9-21-13)7-8-17-18(14)20-15-5-1-2-6-16(15)22-17/h1-9,20H,10H2. The Morgan fingerprint density at radius 3 is 2.73 bits per heavy atom. The summed E-state index contributed by atoms with van der Waals surface area (Å²) in [5, 5.41) is 15.2. The van der Waals surface area contributed by atoms with E-state index in [0.29, 0.717) is 0 Å². The van der Waals surface area contributed by atoms with Crippen LogP contribution in [0.4, 0.5) is 11.4 Å². The Balaban J connectivity index is 1.78. The fourth-order valence-corrected chi connectivity index (χ4v) is 4.36. The highest BCUT2D eigenvalue weighted by Gasteiger charge is 2.20. The van der Waals surface area contributed by atoms with E-state index >= 15 is 0 Å². The van der Waals surface area contributed by atoms with Crippen LogP contribution < -0.4 is 5.32 Å². The van der Waals surface area contributed by atoms with Gasteiger partial charge in [0.15, 0.2) is 0 Å². The average molecular weight is 320 g/mol. The summed E-state index contributed by atoms with van der Waals surface area (Å²) < 4.78 is 0. The number of fused-ring (bicyclic) bond motifs is 2. The molecule has 2 heterocycles. The van der Waals surface area contributed by atoms with E-state index in [4.69, 9.17) is 0 Å². The van der Waals surface area contributed by atoms with Crippen LogP contribution in [-0.4, -0.2) is 0 Å². The third-order valence-electron chi connectivity index (χ3n) is 3.68. The van der Waals surface area contributed by atoms with Crippen molar-refractivity contribution in [2.24, 2.45) is 0 Å². The Labute approximate surface area is 137 Å². The molecule has 0 saturated heterocycles. The van der Waals surface area contributed by atoms with Gasteiger partial charge in [0.2, 0.25) is 0 Å². The van der Waals surface area contributed by atoms with Crippen LogP contribution >= 0.6 is 23.1 Å². The van der Waals surface area contributed by atoms with Crippen LogP contribution in [0.1, 0.15) is 16.0 Å². The van der Waals surface area contributed by atoms with Crippen LogP contribution in [0.25, 0.3) is 0 Å². The minimum atomic E-state index is 0.757. The summed E-state index contributed by atoms with van der Waals surface area (Å²) in [6.45, 7) is 0. The van der Waals surface area contributed by atoms with E-state index in [2.05, 4.69) is 53.2 Å². The maximum absolute atomic E-state index is 9.66. The molecule has 106 valence electrons. The lowest BCUT2D eigenvalue weighted by atomic mass is 10.0. The molecule has 2 nitrogen and oxygen atoms in total. The van der Waals surface area contributed by atoms with Gasteiger partial charge in [0.1, 0.15) is 6.07 Å². The highest BCUT2D eigenvalue weighted by molar-refractivity contribution is 7.99. The predicted octanol–water partition coefficient (Wildman–Crippen LogP) is 5.42. The van der Waals surface area contributed by atoms with Gasteiger partial charge in [0, 0.05) is 21.1 Å². The normalized spacial score (nSPS) is 12.0. The lowest BCUT2D eigenvalue weighted by Gasteiger charge is -2.22. The van der Waals surface area contributed by atoms with Gasteiger partial charge in [-0.3, -0.25) is 0 Å². The molecule has 0 radical (unpaired) electrons. The maximum atomic E-state index is 9.66. The number of hydrogen-bond acceptors (Lipinski definition) is 4. The van der Waals surface area contributed by atoms with Crippen LogP contribution in [0, 0.1) is 11.3 Å². The molecule has 0 spiro atoms. The first-order valence-electron chi connectivity index (χ1n) is 6.97. The van der Waals surface area contributed by atoms with Gasteiger partial charge in [0.25, 0.3) is 0 Å². The Morgan fingerprint density at radius 2 is 1.91 bits per heavy atom. The molecule has 3 aromatic rings. The van der Waals surface area contributed by atoms with Crippen molar-refractivity contribution in [2.45, 2.75) is 16.2 Å². The number of thiophene rings is 1. The van der Waals surface area contributed by atoms with Crippen LogP contribution in [0.5, 0.6) is 0 Å². The van der Waals surface area contributed by atoms with Gasteiger partial charge in [-0.15, -0.1) is 11.3 Å². The van der Waals surface area contributed by atoms with Crippen LogP contribution in [0.15, 0.2) is 63.7 Å². The van der Waals surface area contributed by atoms with Crippen molar-refractivity contribution in [1.82, 2.24) is 0 Å². The first-order valence-corrected chi connectivity index (χ1v) is 8.67. The number of nitrogens with one attached hydrogen (secondary N) is 1. The molecule has 0 fully saturated rings. The van der Waals surface area contributed by atoms with Crippen molar-refractivity contribution in [3.63, 3.8) is 0 Å². The maximum Gasteiger partial charge on any atom is 0.102 e. The van der Waals surface area contributed by atoms with Crippen molar-refractivity contribution in [1.29, 1.82) is 5.26 Å². The molecule has 1 N–H and O–H groups in total. The molecule has 1 aliphatic heterocycles. The number of para-hydroxylation sites is 1.